The molecule has 0 aliphatic heterocycles. The highest BCUT2D eigenvalue weighted by Crippen LogP contribution is 2.21. The number of nitrogens with zero attached hydrogens (tertiary/aromatic N) is 4. The van der Waals surface area contributed by atoms with E-state index < -0.39 is 0 Å². The molecule has 6 nitrogen and oxygen atoms in total. The molecule has 2 heterocycles. The largest absolute Gasteiger partial charge is 0.275 e. The van der Waals surface area contributed by atoms with Gasteiger partial charge in [0.15, 0.2) is 0 Å². The van der Waals surface area contributed by atoms with Crippen LogP contribution in [0.1, 0.15) is 22.9 Å². The summed E-state index contributed by atoms with van der Waals surface area (Å²) in [7, 11) is 1.88. The maximum absolute atomic E-state index is 5.57. The van der Waals surface area contributed by atoms with E-state index in [0.717, 1.165) is 16.8 Å². The molecule has 0 aliphatic rings. The summed E-state index contributed by atoms with van der Waals surface area (Å²) >= 11 is 0. The van der Waals surface area contributed by atoms with Crippen LogP contribution in [0.15, 0.2) is 24.9 Å². The maximum atomic E-state index is 5.57. The first-order valence-corrected chi connectivity index (χ1v) is 4.93. The van der Waals surface area contributed by atoms with Gasteiger partial charge in [0.05, 0.1) is 11.7 Å². The molecule has 6 heteroatoms. The van der Waals surface area contributed by atoms with Crippen molar-refractivity contribution in [1.29, 1.82) is 0 Å². The number of hydrogen-bond donors (Lipinski definition) is 2. The van der Waals surface area contributed by atoms with Crippen LogP contribution >= 0.6 is 0 Å². The fraction of sp³-hybridized carbons (Fsp3) is 0.300. The second-order valence-corrected chi connectivity index (χ2v) is 3.62. The van der Waals surface area contributed by atoms with Gasteiger partial charge in [0.1, 0.15) is 6.33 Å². The summed E-state index contributed by atoms with van der Waals surface area (Å²) in [5.41, 5.74) is 5.64. The van der Waals surface area contributed by atoms with Gasteiger partial charge >= 0.3 is 0 Å². The van der Waals surface area contributed by atoms with Crippen molar-refractivity contribution >= 4 is 0 Å². The molecule has 2 aromatic heterocycles. The van der Waals surface area contributed by atoms with Crippen LogP contribution in [0.4, 0.5) is 0 Å². The van der Waals surface area contributed by atoms with Crippen LogP contribution < -0.4 is 11.3 Å². The van der Waals surface area contributed by atoms with Crippen molar-refractivity contribution in [3.8, 4) is 0 Å². The van der Waals surface area contributed by atoms with E-state index in [9.17, 15) is 0 Å². The van der Waals surface area contributed by atoms with Crippen LogP contribution in [-0.2, 0) is 7.05 Å². The third-order valence-electron chi connectivity index (χ3n) is 2.44. The lowest BCUT2D eigenvalue weighted by Gasteiger charge is -2.14. The molecular weight excluding hydrogens is 204 g/mol. The summed E-state index contributed by atoms with van der Waals surface area (Å²) in [5, 5.41) is 4.29. The third kappa shape index (κ3) is 1.93. The highest BCUT2D eigenvalue weighted by atomic mass is 15.3. The first-order chi connectivity index (χ1) is 7.72. The third-order valence-corrected chi connectivity index (χ3v) is 2.44. The number of nitrogens with two attached hydrogens (primary N) is 1. The zero-order valence-electron chi connectivity index (χ0n) is 9.25. The van der Waals surface area contributed by atoms with Crippen LogP contribution in [0.25, 0.3) is 0 Å². The van der Waals surface area contributed by atoms with E-state index in [-0.39, 0.29) is 6.04 Å². The molecule has 0 aromatic carbocycles. The number of aromatic nitrogens is 4. The smallest absolute Gasteiger partial charge is 0.115 e. The van der Waals surface area contributed by atoms with Crippen LogP contribution in [-0.4, -0.2) is 19.7 Å². The van der Waals surface area contributed by atoms with E-state index in [0.29, 0.717) is 0 Å². The van der Waals surface area contributed by atoms with Crippen molar-refractivity contribution < 1.29 is 0 Å². The minimum absolute atomic E-state index is 0.130. The number of nitrogens with one attached hydrogen (secondary N) is 1. The number of hydrogen-bond acceptors (Lipinski definition) is 5. The molecule has 16 heavy (non-hydrogen) atoms. The molecule has 2 rings (SSSR count). The Morgan fingerprint density at radius 3 is 2.56 bits per heavy atom. The van der Waals surface area contributed by atoms with E-state index >= 15 is 0 Å². The molecule has 0 bridgehead atoms. The average molecular weight is 218 g/mol. The number of rotatable bonds is 3. The SMILES string of the molecule is Cc1nn(C)cc1C(NN)c1cncnc1. The van der Waals surface area contributed by atoms with Gasteiger partial charge < -0.3 is 0 Å². The van der Waals surface area contributed by atoms with Gasteiger partial charge in [-0.25, -0.2) is 15.4 Å². The second-order valence-electron chi connectivity index (χ2n) is 3.62. The molecule has 1 atom stereocenters. The van der Waals surface area contributed by atoms with Gasteiger partial charge in [-0.1, -0.05) is 0 Å². The number of hydrazine groups is 1. The van der Waals surface area contributed by atoms with Crippen LogP contribution in [0.3, 0.4) is 0 Å². The zero-order valence-corrected chi connectivity index (χ0v) is 9.25. The van der Waals surface area contributed by atoms with Gasteiger partial charge in [0.2, 0.25) is 0 Å². The van der Waals surface area contributed by atoms with E-state index in [2.05, 4.69) is 20.5 Å². The van der Waals surface area contributed by atoms with Crippen molar-refractivity contribution in [2.24, 2.45) is 12.9 Å². The Hall–Kier alpha value is -1.79. The Morgan fingerprint density at radius 2 is 2.06 bits per heavy atom. The van der Waals surface area contributed by atoms with Crippen molar-refractivity contribution in [1.82, 2.24) is 25.2 Å². The van der Waals surface area contributed by atoms with Crippen LogP contribution in [0.5, 0.6) is 0 Å². The minimum atomic E-state index is -0.130. The van der Waals surface area contributed by atoms with Crippen molar-refractivity contribution in [3.63, 3.8) is 0 Å². The molecule has 0 radical (unpaired) electrons. The van der Waals surface area contributed by atoms with Gasteiger partial charge in [-0.3, -0.25) is 10.5 Å². The van der Waals surface area contributed by atoms with Crippen molar-refractivity contribution in [3.05, 3.63) is 41.7 Å². The quantitative estimate of drug-likeness (QED) is 0.563. The van der Waals surface area contributed by atoms with Crippen LogP contribution in [0, 0.1) is 6.92 Å². The Morgan fingerprint density at radius 1 is 1.38 bits per heavy atom. The highest BCUT2D eigenvalue weighted by molar-refractivity contribution is 5.29. The predicted octanol–water partition coefficient (Wildman–Crippen LogP) is 0.0712. The standard InChI is InChI=1S/C10H14N6/c1-7-9(5-16(2)15-7)10(14-11)8-3-12-6-13-4-8/h3-6,10,14H,11H2,1-2H3. The molecule has 2 aromatic rings. The summed E-state index contributed by atoms with van der Waals surface area (Å²) in [4.78, 5) is 7.96. The van der Waals surface area contributed by atoms with E-state index in [1.807, 2.05) is 20.2 Å². The molecular formula is C10H14N6. The molecule has 0 aliphatic carbocycles. The first-order valence-electron chi connectivity index (χ1n) is 4.93. The lowest BCUT2D eigenvalue weighted by atomic mass is 10.0. The molecule has 0 saturated heterocycles. The highest BCUT2D eigenvalue weighted by Gasteiger charge is 2.17. The van der Waals surface area contributed by atoms with Gasteiger partial charge in [0.25, 0.3) is 0 Å². The summed E-state index contributed by atoms with van der Waals surface area (Å²) in [6.07, 6.45) is 6.91. The summed E-state index contributed by atoms with van der Waals surface area (Å²) < 4.78 is 1.76. The van der Waals surface area contributed by atoms with Gasteiger partial charge in [-0.2, -0.15) is 5.10 Å². The van der Waals surface area contributed by atoms with Crippen molar-refractivity contribution in [2.45, 2.75) is 13.0 Å². The lowest BCUT2D eigenvalue weighted by Crippen LogP contribution is -2.29. The van der Waals surface area contributed by atoms with Gasteiger partial charge in [0, 0.05) is 36.8 Å². The van der Waals surface area contributed by atoms with Crippen LogP contribution in [0.2, 0.25) is 0 Å². The minimum Gasteiger partial charge on any atom is -0.275 e. The van der Waals surface area contributed by atoms with Gasteiger partial charge in [-0.15, -0.1) is 0 Å². The Labute approximate surface area is 93.5 Å². The summed E-state index contributed by atoms with van der Waals surface area (Å²) in [6.45, 7) is 1.95. The molecule has 0 amide bonds. The molecule has 84 valence electrons. The molecule has 0 fully saturated rings. The summed E-state index contributed by atoms with van der Waals surface area (Å²) in [6, 6.07) is -0.130. The molecule has 0 spiro atoms. The van der Waals surface area contributed by atoms with E-state index in [1.165, 1.54) is 6.33 Å². The topological polar surface area (TPSA) is 81.7 Å². The van der Waals surface area contributed by atoms with E-state index in [4.69, 9.17) is 5.84 Å². The maximum Gasteiger partial charge on any atom is 0.115 e. The fourth-order valence-electron chi connectivity index (χ4n) is 1.73. The Kier molecular flexibility index (Phi) is 2.93. The molecule has 0 saturated carbocycles. The van der Waals surface area contributed by atoms with Gasteiger partial charge in [-0.05, 0) is 6.92 Å². The fourth-order valence-corrected chi connectivity index (χ4v) is 1.73. The molecule has 1 unspecified atom stereocenters. The Balaban J connectivity index is 2.40. The normalized spacial score (nSPS) is 12.7. The van der Waals surface area contributed by atoms with Crippen molar-refractivity contribution in [2.75, 3.05) is 0 Å². The first kappa shape index (κ1) is 10.7. The second kappa shape index (κ2) is 4.38. The lowest BCUT2D eigenvalue weighted by molar-refractivity contribution is 0.628. The zero-order chi connectivity index (χ0) is 11.5. The predicted molar refractivity (Wildman–Crippen MR) is 59.1 cm³/mol. The average Bonchev–Trinajstić information content (AvgIpc) is 2.61. The molecule has 3 N–H and O–H groups in total. The monoisotopic (exact) mass is 218 g/mol. The Bertz CT molecular complexity index is 463. The van der Waals surface area contributed by atoms with E-state index in [1.54, 1.807) is 17.1 Å². The number of aryl methyl sites for hydroxylation is 2. The summed E-state index contributed by atoms with van der Waals surface area (Å²) in [5.74, 6) is 5.57.